The van der Waals surface area contributed by atoms with Gasteiger partial charge in [-0.25, -0.2) is 9.79 Å². The number of rotatable bonds is 4. The van der Waals surface area contributed by atoms with Gasteiger partial charge < -0.3 is 14.7 Å². The third-order valence-corrected chi connectivity index (χ3v) is 6.16. The van der Waals surface area contributed by atoms with E-state index in [2.05, 4.69) is 34.9 Å². The minimum atomic E-state index is -0.472. The first-order chi connectivity index (χ1) is 14.5. The number of hydrogen-bond acceptors (Lipinski definition) is 5. The number of carbonyl (C=O) groups is 2. The van der Waals surface area contributed by atoms with Gasteiger partial charge in [-0.05, 0) is 36.6 Å². The van der Waals surface area contributed by atoms with Gasteiger partial charge in [0.05, 0.1) is 0 Å². The Kier molecular flexibility index (Phi) is 4.46. The number of fused-ring (bicyclic) bond motifs is 3. The van der Waals surface area contributed by atoms with Gasteiger partial charge in [-0.1, -0.05) is 42.5 Å². The number of aryl methyl sites for hydroxylation is 1. The zero-order chi connectivity index (χ0) is 20.8. The highest BCUT2D eigenvalue weighted by Gasteiger charge is 2.54. The van der Waals surface area contributed by atoms with E-state index < -0.39 is 12.2 Å². The topological polar surface area (TPSA) is 59.5 Å². The Labute approximate surface area is 176 Å². The molecular weight excluding hydrogens is 378 g/mol. The molecule has 3 aliphatic rings. The Balaban J connectivity index is 1.39. The summed E-state index contributed by atoms with van der Waals surface area (Å²) in [5.74, 6) is 0.636. The smallest absolute Gasteiger partial charge is 0.325 e. The molecule has 0 bridgehead atoms. The van der Waals surface area contributed by atoms with Crippen molar-refractivity contribution in [1.82, 2.24) is 14.7 Å². The van der Waals surface area contributed by atoms with Gasteiger partial charge in [0.15, 0.2) is 12.2 Å². The second kappa shape index (κ2) is 7.16. The van der Waals surface area contributed by atoms with E-state index in [0.717, 1.165) is 23.8 Å². The number of benzene rings is 2. The number of hydrogen-bond donors (Lipinski definition) is 0. The first kappa shape index (κ1) is 18.7. The molecule has 0 aliphatic carbocycles. The predicted molar refractivity (Wildman–Crippen MR) is 115 cm³/mol. The third kappa shape index (κ3) is 2.93. The van der Waals surface area contributed by atoms with Crippen molar-refractivity contribution < 1.29 is 9.59 Å². The number of anilines is 1. The number of carbonyl (C=O) groups excluding carboxylic acids is 2. The van der Waals surface area contributed by atoms with Gasteiger partial charge in [0.25, 0.3) is 5.91 Å². The Morgan fingerprint density at radius 3 is 2.60 bits per heavy atom. The lowest BCUT2D eigenvalue weighted by atomic mass is 10.1. The molecule has 7 heteroatoms. The van der Waals surface area contributed by atoms with Gasteiger partial charge in [-0.2, -0.15) is 0 Å². The highest BCUT2D eigenvalue weighted by molar-refractivity contribution is 6.08. The molecule has 7 nitrogen and oxygen atoms in total. The van der Waals surface area contributed by atoms with Crippen LogP contribution in [0.3, 0.4) is 0 Å². The zero-order valence-electron chi connectivity index (χ0n) is 17.2. The fraction of sp³-hybridized carbons (Fsp3) is 0.348. The quantitative estimate of drug-likeness (QED) is 0.786. The van der Waals surface area contributed by atoms with Crippen LogP contribution in [0, 0.1) is 6.92 Å². The predicted octanol–water partition coefficient (Wildman–Crippen LogP) is 2.32. The summed E-state index contributed by atoms with van der Waals surface area (Å²) in [6.07, 6.45) is 0.174. The third-order valence-electron chi connectivity index (χ3n) is 6.16. The molecule has 0 N–H and O–H groups in total. The molecule has 0 radical (unpaired) electrons. The van der Waals surface area contributed by atoms with Gasteiger partial charge in [0, 0.05) is 32.4 Å². The van der Waals surface area contributed by atoms with Crippen LogP contribution in [0.2, 0.25) is 0 Å². The van der Waals surface area contributed by atoms with E-state index in [0.29, 0.717) is 19.5 Å². The van der Waals surface area contributed by atoms with Gasteiger partial charge in [-0.3, -0.25) is 9.69 Å². The molecule has 2 aromatic rings. The molecule has 0 spiro atoms. The first-order valence-corrected chi connectivity index (χ1v) is 10.4. The minimum Gasteiger partial charge on any atom is -0.325 e. The van der Waals surface area contributed by atoms with Crippen LogP contribution in [-0.4, -0.2) is 71.5 Å². The number of urea groups is 1. The molecule has 2 fully saturated rings. The number of likely N-dealkylation sites (N-methyl/N-ethyl adjacent to an activating group) is 1. The highest BCUT2D eigenvalue weighted by atomic mass is 16.2. The molecule has 3 heterocycles. The number of amides is 3. The lowest BCUT2D eigenvalue weighted by molar-refractivity contribution is -0.137. The van der Waals surface area contributed by atoms with Crippen LogP contribution in [0.15, 0.2) is 59.6 Å². The van der Waals surface area contributed by atoms with Crippen molar-refractivity contribution in [3.63, 3.8) is 0 Å². The summed E-state index contributed by atoms with van der Waals surface area (Å²) >= 11 is 0. The maximum atomic E-state index is 13.4. The summed E-state index contributed by atoms with van der Waals surface area (Å²) in [6.45, 7) is 3.93. The Bertz CT molecular complexity index is 1020. The molecule has 30 heavy (non-hydrogen) atoms. The van der Waals surface area contributed by atoms with Crippen LogP contribution >= 0.6 is 0 Å². The summed E-state index contributed by atoms with van der Waals surface area (Å²) in [7, 11) is 1.74. The molecule has 3 aliphatic heterocycles. The summed E-state index contributed by atoms with van der Waals surface area (Å²) < 4.78 is 0. The second-order valence-corrected chi connectivity index (χ2v) is 8.09. The van der Waals surface area contributed by atoms with Gasteiger partial charge in [-0.15, -0.1) is 0 Å². The second-order valence-electron chi connectivity index (χ2n) is 8.09. The maximum Gasteiger partial charge on any atom is 0.328 e. The van der Waals surface area contributed by atoms with Crippen LogP contribution in [0.5, 0.6) is 0 Å². The van der Waals surface area contributed by atoms with E-state index in [1.54, 1.807) is 11.9 Å². The highest BCUT2D eigenvalue weighted by Crippen LogP contribution is 2.33. The summed E-state index contributed by atoms with van der Waals surface area (Å²) in [5, 5.41) is 0. The Morgan fingerprint density at radius 1 is 1.03 bits per heavy atom. The molecule has 154 valence electrons. The molecule has 0 aromatic heterocycles. The zero-order valence-corrected chi connectivity index (χ0v) is 17.2. The standard InChI is InChI=1S/C23H25N5O2/c1-16-7-6-10-18(15-16)26-13-14-27-19-20(24-22(26)27)25(2)23(30)28(21(19)29)12-11-17-8-4-3-5-9-17/h3-10,15,19-20H,11-14H2,1-2H3. The SMILES string of the molecule is Cc1cccc(N2CCN3C2=NC2C3C(=O)N(CCc3ccccc3)C(=O)N2C)c1. The van der Waals surface area contributed by atoms with Crippen LogP contribution in [-0.2, 0) is 11.2 Å². The van der Waals surface area contributed by atoms with E-state index in [1.165, 1.54) is 10.5 Å². The summed E-state index contributed by atoms with van der Waals surface area (Å²) in [5.41, 5.74) is 3.35. The number of aliphatic imine (C=N–C) groups is 1. The fourth-order valence-corrected chi connectivity index (χ4v) is 4.57. The van der Waals surface area contributed by atoms with Crippen LogP contribution in [0.1, 0.15) is 11.1 Å². The normalized spacial score (nSPS) is 23.1. The summed E-state index contributed by atoms with van der Waals surface area (Å²) in [4.78, 5) is 38.3. The van der Waals surface area contributed by atoms with Crippen molar-refractivity contribution in [2.45, 2.75) is 25.6 Å². The van der Waals surface area contributed by atoms with Crippen molar-refractivity contribution in [3.05, 3.63) is 65.7 Å². The number of guanidine groups is 1. The van der Waals surface area contributed by atoms with Crippen molar-refractivity contribution >= 4 is 23.6 Å². The van der Waals surface area contributed by atoms with Gasteiger partial charge in [0.1, 0.15) is 0 Å². The molecule has 3 amide bonds. The molecule has 2 atom stereocenters. The molecular formula is C23H25N5O2. The molecule has 5 rings (SSSR count). The first-order valence-electron chi connectivity index (χ1n) is 10.4. The summed E-state index contributed by atoms with van der Waals surface area (Å²) in [6, 6.07) is 17.5. The average molecular weight is 403 g/mol. The largest absolute Gasteiger partial charge is 0.328 e. The van der Waals surface area contributed by atoms with E-state index >= 15 is 0 Å². The minimum absolute atomic E-state index is 0.149. The Morgan fingerprint density at radius 2 is 1.83 bits per heavy atom. The van der Waals surface area contributed by atoms with Crippen LogP contribution < -0.4 is 4.90 Å². The molecule has 2 saturated heterocycles. The maximum absolute atomic E-state index is 13.4. The van der Waals surface area contributed by atoms with Crippen molar-refractivity contribution in [2.75, 3.05) is 31.6 Å². The van der Waals surface area contributed by atoms with Gasteiger partial charge >= 0.3 is 6.03 Å². The van der Waals surface area contributed by atoms with E-state index in [-0.39, 0.29) is 11.9 Å². The monoisotopic (exact) mass is 403 g/mol. The molecule has 0 saturated carbocycles. The Hall–Kier alpha value is -3.35. The lowest BCUT2D eigenvalue weighted by Gasteiger charge is -2.40. The van der Waals surface area contributed by atoms with E-state index in [9.17, 15) is 9.59 Å². The van der Waals surface area contributed by atoms with Crippen molar-refractivity contribution in [3.8, 4) is 0 Å². The van der Waals surface area contributed by atoms with Crippen molar-refractivity contribution in [2.24, 2.45) is 4.99 Å². The number of imide groups is 1. The lowest BCUT2D eigenvalue weighted by Crippen LogP contribution is -2.65. The van der Waals surface area contributed by atoms with Crippen LogP contribution in [0.25, 0.3) is 0 Å². The van der Waals surface area contributed by atoms with Crippen LogP contribution in [0.4, 0.5) is 10.5 Å². The molecule has 2 unspecified atom stereocenters. The fourth-order valence-electron chi connectivity index (χ4n) is 4.57. The average Bonchev–Trinajstić information content (AvgIpc) is 3.32. The number of nitrogens with zero attached hydrogens (tertiary/aromatic N) is 5. The van der Waals surface area contributed by atoms with E-state index in [1.807, 2.05) is 36.4 Å². The van der Waals surface area contributed by atoms with E-state index in [4.69, 9.17) is 4.99 Å². The van der Waals surface area contributed by atoms with Crippen molar-refractivity contribution in [1.29, 1.82) is 0 Å². The molecule has 2 aromatic carbocycles. The van der Waals surface area contributed by atoms with Gasteiger partial charge in [0.2, 0.25) is 5.96 Å².